The van der Waals surface area contributed by atoms with Crippen LogP contribution in [0.3, 0.4) is 0 Å². The average molecular weight is 270 g/mol. The number of nitrogens with one attached hydrogen (secondary N) is 1. The molecular weight excluding hydrogens is 255 g/mol. The van der Waals surface area contributed by atoms with Gasteiger partial charge in [-0.15, -0.1) is 0 Å². The van der Waals surface area contributed by atoms with E-state index in [9.17, 15) is 19.3 Å². The summed E-state index contributed by atoms with van der Waals surface area (Å²) in [6.07, 6.45) is 0. The summed E-state index contributed by atoms with van der Waals surface area (Å²) in [5.74, 6) is -1.37. The van der Waals surface area contributed by atoms with Gasteiger partial charge in [-0.3, -0.25) is 10.1 Å². The number of non-ortho nitro benzene ring substituents is 1. The van der Waals surface area contributed by atoms with Gasteiger partial charge >= 0.3 is 5.97 Å². The summed E-state index contributed by atoms with van der Waals surface area (Å²) < 4.78 is 17.9. The summed E-state index contributed by atoms with van der Waals surface area (Å²) in [5, 5.41) is 13.4. The van der Waals surface area contributed by atoms with Gasteiger partial charge in [0.05, 0.1) is 18.1 Å². The molecule has 0 saturated carbocycles. The molecule has 1 rings (SSSR count). The van der Waals surface area contributed by atoms with Gasteiger partial charge < -0.3 is 10.1 Å². The Hall–Kier alpha value is -2.18. The minimum atomic E-state index is -0.746. The quantitative estimate of drug-likeness (QED) is 0.504. The molecule has 0 amide bonds. The number of hydrogen-bond donors (Lipinski definition) is 1. The normalized spacial score (nSPS) is 12.1. The van der Waals surface area contributed by atoms with Crippen LogP contribution in [0, 0.1) is 21.8 Å². The molecule has 7 heteroatoms. The molecule has 0 aliphatic heterocycles. The highest BCUT2D eigenvalue weighted by molar-refractivity contribution is 5.79. The molecule has 0 aliphatic rings. The fraction of sp³-hybridized carbons (Fsp3) is 0.417. The molecule has 0 fully saturated rings. The van der Waals surface area contributed by atoms with Gasteiger partial charge in [-0.05, 0) is 12.0 Å². The molecule has 6 nitrogen and oxygen atoms in total. The number of rotatable bonds is 5. The summed E-state index contributed by atoms with van der Waals surface area (Å²) in [5.41, 5.74) is -0.217. The van der Waals surface area contributed by atoms with Crippen molar-refractivity contribution in [2.45, 2.75) is 19.9 Å². The highest BCUT2D eigenvalue weighted by atomic mass is 19.1. The maximum atomic E-state index is 13.3. The lowest BCUT2D eigenvalue weighted by Crippen LogP contribution is -2.35. The SMILES string of the molecule is COC(=O)C(Nc1cc(F)cc([N+](=O)[O-])c1)C(C)C. The van der Waals surface area contributed by atoms with Crippen molar-refractivity contribution in [3.8, 4) is 0 Å². The molecule has 1 atom stereocenters. The van der Waals surface area contributed by atoms with Crippen molar-refractivity contribution in [2.75, 3.05) is 12.4 Å². The molecule has 0 radical (unpaired) electrons. The lowest BCUT2D eigenvalue weighted by atomic mass is 10.0. The second kappa shape index (κ2) is 6.12. The number of carbonyl (C=O) groups excluding carboxylic acids is 1. The summed E-state index contributed by atoms with van der Waals surface area (Å²) in [4.78, 5) is 21.5. The van der Waals surface area contributed by atoms with Gasteiger partial charge in [0.1, 0.15) is 11.9 Å². The van der Waals surface area contributed by atoms with E-state index in [-0.39, 0.29) is 17.3 Å². The minimum Gasteiger partial charge on any atom is -0.467 e. The maximum absolute atomic E-state index is 13.3. The van der Waals surface area contributed by atoms with Crippen molar-refractivity contribution in [2.24, 2.45) is 5.92 Å². The molecule has 1 aromatic carbocycles. The Labute approximate surface area is 109 Å². The zero-order valence-electron chi connectivity index (χ0n) is 10.8. The van der Waals surface area contributed by atoms with Crippen LogP contribution in [-0.4, -0.2) is 24.0 Å². The third kappa shape index (κ3) is 3.90. The van der Waals surface area contributed by atoms with E-state index in [1.165, 1.54) is 13.2 Å². The number of nitro groups is 1. The minimum absolute atomic E-state index is 0.116. The fourth-order valence-electron chi connectivity index (χ4n) is 1.57. The largest absolute Gasteiger partial charge is 0.467 e. The molecule has 0 bridgehead atoms. The van der Waals surface area contributed by atoms with Crippen molar-refractivity contribution in [1.29, 1.82) is 0 Å². The van der Waals surface area contributed by atoms with E-state index in [1.54, 1.807) is 13.8 Å². The van der Waals surface area contributed by atoms with Crippen LogP contribution in [0.1, 0.15) is 13.8 Å². The highest BCUT2D eigenvalue weighted by Crippen LogP contribution is 2.22. The summed E-state index contributed by atoms with van der Waals surface area (Å²) >= 11 is 0. The van der Waals surface area contributed by atoms with Crippen LogP contribution in [0.25, 0.3) is 0 Å². The summed E-state index contributed by atoms with van der Waals surface area (Å²) in [6.45, 7) is 3.56. The fourth-order valence-corrected chi connectivity index (χ4v) is 1.57. The van der Waals surface area contributed by atoms with Crippen LogP contribution >= 0.6 is 0 Å². The van der Waals surface area contributed by atoms with Gasteiger partial charge in [0.15, 0.2) is 0 Å². The molecule has 19 heavy (non-hydrogen) atoms. The molecule has 0 saturated heterocycles. The zero-order chi connectivity index (χ0) is 14.6. The van der Waals surface area contributed by atoms with E-state index in [2.05, 4.69) is 10.1 Å². The van der Waals surface area contributed by atoms with Crippen molar-refractivity contribution in [1.82, 2.24) is 0 Å². The number of halogens is 1. The van der Waals surface area contributed by atoms with Crippen LogP contribution in [-0.2, 0) is 9.53 Å². The third-order valence-electron chi connectivity index (χ3n) is 2.54. The topological polar surface area (TPSA) is 81.5 Å². The van der Waals surface area contributed by atoms with E-state index < -0.39 is 22.8 Å². The first-order chi connectivity index (χ1) is 8.85. The standard InChI is InChI=1S/C12H15FN2O4/c1-7(2)11(12(16)19-3)14-9-4-8(13)5-10(6-9)15(17)18/h4-7,11,14H,1-3H3. The van der Waals surface area contributed by atoms with Crippen molar-refractivity contribution in [3.05, 3.63) is 34.1 Å². The Bertz CT molecular complexity index is 491. The van der Waals surface area contributed by atoms with Crippen molar-refractivity contribution in [3.63, 3.8) is 0 Å². The lowest BCUT2D eigenvalue weighted by Gasteiger charge is -2.20. The number of benzene rings is 1. The number of anilines is 1. The third-order valence-corrected chi connectivity index (χ3v) is 2.54. The number of hydrogen-bond acceptors (Lipinski definition) is 5. The van der Waals surface area contributed by atoms with Crippen LogP contribution in [0.4, 0.5) is 15.8 Å². The van der Waals surface area contributed by atoms with Crippen LogP contribution in [0.5, 0.6) is 0 Å². The van der Waals surface area contributed by atoms with E-state index in [0.717, 1.165) is 12.1 Å². The van der Waals surface area contributed by atoms with Gasteiger partial charge in [0, 0.05) is 11.8 Å². The zero-order valence-corrected chi connectivity index (χ0v) is 10.8. The molecule has 0 heterocycles. The second-order valence-corrected chi connectivity index (χ2v) is 4.34. The average Bonchev–Trinajstić information content (AvgIpc) is 2.34. The van der Waals surface area contributed by atoms with Gasteiger partial charge in [-0.25, -0.2) is 9.18 Å². The first-order valence-electron chi connectivity index (χ1n) is 5.64. The van der Waals surface area contributed by atoms with Crippen LogP contribution in [0.2, 0.25) is 0 Å². The van der Waals surface area contributed by atoms with Gasteiger partial charge in [0.2, 0.25) is 0 Å². The Kier molecular flexibility index (Phi) is 4.80. The Morgan fingerprint density at radius 2 is 2.05 bits per heavy atom. The molecule has 104 valence electrons. The Morgan fingerprint density at radius 3 is 2.53 bits per heavy atom. The van der Waals surface area contributed by atoms with E-state index in [4.69, 9.17) is 0 Å². The maximum Gasteiger partial charge on any atom is 0.328 e. The van der Waals surface area contributed by atoms with E-state index in [1.807, 2.05) is 0 Å². The predicted octanol–water partition coefficient (Wildman–Crippen LogP) is 2.34. The Balaban J connectivity index is 3.02. The van der Waals surface area contributed by atoms with Crippen LogP contribution < -0.4 is 5.32 Å². The molecule has 0 aromatic heterocycles. The number of esters is 1. The number of ether oxygens (including phenoxy) is 1. The Morgan fingerprint density at radius 1 is 1.42 bits per heavy atom. The molecule has 1 unspecified atom stereocenters. The molecule has 0 aliphatic carbocycles. The molecule has 1 N–H and O–H groups in total. The van der Waals surface area contributed by atoms with Gasteiger partial charge in [-0.2, -0.15) is 0 Å². The van der Waals surface area contributed by atoms with Gasteiger partial charge in [-0.1, -0.05) is 13.8 Å². The summed E-state index contributed by atoms with van der Waals surface area (Å²) in [6, 6.07) is 2.37. The highest BCUT2D eigenvalue weighted by Gasteiger charge is 2.23. The second-order valence-electron chi connectivity index (χ2n) is 4.34. The number of carbonyl (C=O) groups is 1. The first kappa shape index (κ1) is 14.9. The number of methoxy groups -OCH3 is 1. The monoisotopic (exact) mass is 270 g/mol. The lowest BCUT2D eigenvalue weighted by molar-refractivity contribution is -0.385. The van der Waals surface area contributed by atoms with Crippen molar-refractivity contribution < 1.29 is 18.8 Å². The smallest absolute Gasteiger partial charge is 0.328 e. The van der Waals surface area contributed by atoms with Gasteiger partial charge in [0.25, 0.3) is 5.69 Å². The molecule has 0 spiro atoms. The predicted molar refractivity (Wildman–Crippen MR) is 67.3 cm³/mol. The number of nitro benzene ring substituents is 1. The van der Waals surface area contributed by atoms with Crippen LogP contribution in [0.15, 0.2) is 18.2 Å². The number of nitrogens with zero attached hydrogens (tertiary/aromatic N) is 1. The molecular formula is C12H15FN2O4. The molecule has 1 aromatic rings. The first-order valence-corrected chi connectivity index (χ1v) is 5.64. The van der Waals surface area contributed by atoms with E-state index in [0.29, 0.717) is 0 Å². The van der Waals surface area contributed by atoms with E-state index >= 15 is 0 Å². The van der Waals surface area contributed by atoms with Crippen molar-refractivity contribution >= 4 is 17.3 Å². The summed E-state index contributed by atoms with van der Waals surface area (Å²) in [7, 11) is 1.24.